The average Bonchev–Trinajstić information content (AvgIpc) is 3.27. The average molecular weight is 297 g/mol. The maximum absolute atomic E-state index is 6.32. The van der Waals surface area contributed by atoms with Gasteiger partial charge in [0.1, 0.15) is 0 Å². The molecule has 2 unspecified atom stereocenters. The number of nitrogens with zero attached hydrogens (tertiary/aromatic N) is 2. The van der Waals surface area contributed by atoms with Crippen LogP contribution in [0.2, 0.25) is 0 Å². The number of hydrogen-bond donors (Lipinski definition) is 1. The predicted molar refractivity (Wildman–Crippen MR) is 88.5 cm³/mol. The summed E-state index contributed by atoms with van der Waals surface area (Å²) in [5.74, 6) is 0. The lowest BCUT2D eigenvalue weighted by atomic mass is 9.90. The molecule has 2 aliphatic rings. The summed E-state index contributed by atoms with van der Waals surface area (Å²) in [6, 6.07) is 2.12. The Morgan fingerprint density at radius 1 is 1.33 bits per heavy atom. The fraction of sp³-hybridized carbons (Fsp3) is 1.00. The minimum atomic E-state index is 0.150. The lowest BCUT2D eigenvalue weighted by molar-refractivity contribution is 0.0236. The second kappa shape index (κ2) is 7.40. The molecule has 2 atom stereocenters. The lowest BCUT2D eigenvalue weighted by Gasteiger charge is -2.45. The highest BCUT2D eigenvalue weighted by Crippen LogP contribution is 2.40. The van der Waals surface area contributed by atoms with Gasteiger partial charge in [0.15, 0.2) is 0 Å². The van der Waals surface area contributed by atoms with Crippen molar-refractivity contribution in [2.75, 3.05) is 33.4 Å². The monoisotopic (exact) mass is 297 g/mol. The molecule has 2 N–H and O–H groups in total. The molecule has 0 aromatic heterocycles. The summed E-state index contributed by atoms with van der Waals surface area (Å²) in [4.78, 5) is 5.41. The first-order chi connectivity index (χ1) is 10.1. The fourth-order valence-corrected chi connectivity index (χ4v) is 4.32. The number of likely N-dealkylation sites (tertiary alicyclic amines) is 1. The molecular formula is C17H35N3O. The van der Waals surface area contributed by atoms with Crippen LogP contribution in [-0.4, -0.2) is 66.8 Å². The molecule has 0 aromatic carbocycles. The second-order valence-corrected chi connectivity index (χ2v) is 7.04. The Labute approximate surface area is 131 Å². The molecule has 1 saturated heterocycles. The normalized spacial score (nSPS) is 30.7. The Balaban J connectivity index is 2.17. The minimum Gasteiger partial charge on any atom is -0.383 e. The molecule has 0 bridgehead atoms. The van der Waals surface area contributed by atoms with Crippen LogP contribution in [0.25, 0.3) is 0 Å². The number of rotatable bonds is 9. The summed E-state index contributed by atoms with van der Waals surface area (Å²) in [6.45, 7) is 10.7. The van der Waals surface area contributed by atoms with Crippen LogP contribution in [0.4, 0.5) is 0 Å². The van der Waals surface area contributed by atoms with Gasteiger partial charge in [-0.15, -0.1) is 0 Å². The first-order valence-corrected chi connectivity index (χ1v) is 8.83. The standard InChI is InChI=1S/C17H35N3O/c1-5-15(6-2)20(9-10-21-4)17(12-18)11-14(3)19(13-17)16-7-8-16/h14-16H,5-13,18H2,1-4H3. The van der Waals surface area contributed by atoms with Crippen molar-refractivity contribution >= 4 is 0 Å². The van der Waals surface area contributed by atoms with Crippen LogP contribution in [0.5, 0.6) is 0 Å². The second-order valence-electron chi connectivity index (χ2n) is 7.04. The first-order valence-electron chi connectivity index (χ1n) is 8.83. The van der Waals surface area contributed by atoms with Gasteiger partial charge in [-0.2, -0.15) is 0 Å². The summed E-state index contributed by atoms with van der Waals surface area (Å²) < 4.78 is 5.38. The summed E-state index contributed by atoms with van der Waals surface area (Å²) in [5.41, 5.74) is 6.47. The third kappa shape index (κ3) is 3.61. The molecule has 1 saturated carbocycles. The van der Waals surface area contributed by atoms with Crippen molar-refractivity contribution in [2.24, 2.45) is 5.73 Å². The Morgan fingerprint density at radius 2 is 2.00 bits per heavy atom. The largest absolute Gasteiger partial charge is 0.383 e. The Morgan fingerprint density at radius 3 is 2.48 bits per heavy atom. The van der Waals surface area contributed by atoms with Gasteiger partial charge in [0.2, 0.25) is 0 Å². The number of ether oxygens (including phenoxy) is 1. The third-order valence-electron chi connectivity index (χ3n) is 5.64. The molecule has 2 rings (SSSR count). The van der Waals surface area contributed by atoms with E-state index in [4.69, 9.17) is 10.5 Å². The van der Waals surface area contributed by atoms with E-state index in [0.29, 0.717) is 12.1 Å². The highest BCUT2D eigenvalue weighted by molar-refractivity contribution is 5.07. The Hall–Kier alpha value is -0.160. The SMILES string of the molecule is CCC(CC)N(CCOC)C1(CN)CC(C)N(C2CC2)C1. The van der Waals surface area contributed by atoms with E-state index in [2.05, 4.69) is 30.6 Å². The van der Waals surface area contributed by atoms with Crippen molar-refractivity contribution < 1.29 is 4.74 Å². The molecular weight excluding hydrogens is 262 g/mol. The van der Waals surface area contributed by atoms with E-state index in [-0.39, 0.29) is 5.54 Å². The van der Waals surface area contributed by atoms with Gasteiger partial charge in [-0.3, -0.25) is 9.80 Å². The van der Waals surface area contributed by atoms with Crippen molar-refractivity contribution in [3.05, 3.63) is 0 Å². The molecule has 21 heavy (non-hydrogen) atoms. The van der Waals surface area contributed by atoms with E-state index >= 15 is 0 Å². The molecule has 4 heteroatoms. The molecule has 124 valence electrons. The Kier molecular flexibility index (Phi) is 6.06. The molecule has 0 aromatic rings. The molecule has 1 heterocycles. The van der Waals surface area contributed by atoms with Gasteiger partial charge in [-0.1, -0.05) is 13.8 Å². The van der Waals surface area contributed by atoms with Crippen molar-refractivity contribution in [1.29, 1.82) is 0 Å². The van der Waals surface area contributed by atoms with Crippen molar-refractivity contribution in [3.8, 4) is 0 Å². The molecule has 2 fully saturated rings. The highest BCUT2D eigenvalue weighted by Gasteiger charge is 2.50. The number of nitrogens with two attached hydrogens (primary N) is 1. The molecule has 1 aliphatic carbocycles. The maximum atomic E-state index is 6.32. The maximum Gasteiger partial charge on any atom is 0.0590 e. The first kappa shape index (κ1) is 17.2. The topological polar surface area (TPSA) is 41.7 Å². The smallest absolute Gasteiger partial charge is 0.0590 e. The summed E-state index contributed by atoms with van der Waals surface area (Å²) >= 11 is 0. The van der Waals surface area contributed by atoms with Crippen LogP contribution >= 0.6 is 0 Å². The van der Waals surface area contributed by atoms with Gasteiger partial charge < -0.3 is 10.5 Å². The van der Waals surface area contributed by atoms with E-state index < -0.39 is 0 Å². The molecule has 4 nitrogen and oxygen atoms in total. The van der Waals surface area contributed by atoms with Crippen LogP contribution in [0.15, 0.2) is 0 Å². The van der Waals surface area contributed by atoms with Gasteiger partial charge >= 0.3 is 0 Å². The lowest BCUT2D eigenvalue weighted by Crippen LogP contribution is -2.60. The molecule has 0 amide bonds. The fourth-order valence-electron chi connectivity index (χ4n) is 4.32. The van der Waals surface area contributed by atoms with Crippen LogP contribution < -0.4 is 5.73 Å². The van der Waals surface area contributed by atoms with Gasteiger partial charge in [0, 0.05) is 50.4 Å². The van der Waals surface area contributed by atoms with Crippen molar-refractivity contribution in [3.63, 3.8) is 0 Å². The third-order valence-corrected chi connectivity index (χ3v) is 5.64. The van der Waals surface area contributed by atoms with E-state index in [9.17, 15) is 0 Å². The predicted octanol–water partition coefficient (Wildman–Crippen LogP) is 2.08. The van der Waals surface area contributed by atoms with Crippen LogP contribution in [0.1, 0.15) is 52.9 Å². The van der Waals surface area contributed by atoms with Gasteiger partial charge in [-0.05, 0) is 39.0 Å². The zero-order valence-electron chi connectivity index (χ0n) is 14.5. The zero-order valence-corrected chi connectivity index (χ0v) is 14.5. The van der Waals surface area contributed by atoms with Gasteiger partial charge in [0.25, 0.3) is 0 Å². The van der Waals surface area contributed by atoms with Gasteiger partial charge in [0.05, 0.1) is 6.61 Å². The summed E-state index contributed by atoms with van der Waals surface area (Å²) in [6.07, 6.45) is 6.36. The summed E-state index contributed by atoms with van der Waals surface area (Å²) in [7, 11) is 1.80. The van der Waals surface area contributed by atoms with Gasteiger partial charge in [-0.25, -0.2) is 0 Å². The molecule has 1 aliphatic heterocycles. The van der Waals surface area contributed by atoms with Crippen LogP contribution in [0, 0.1) is 0 Å². The Bertz CT molecular complexity index is 317. The quantitative estimate of drug-likeness (QED) is 0.707. The summed E-state index contributed by atoms with van der Waals surface area (Å²) in [5, 5.41) is 0. The van der Waals surface area contributed by atoms with Crippen LogP contribution in [0.3, 0.4) is 0 Å². The van der Waals surface area contributed by atoms with E-state index in [1.165, 1.54) is 32.1 Å². The minimum absolute atomic E-state index is 0.150. The van der Waals surface area contributed by atoms with Crippen molar-refractivity contribution in [1.82, 2.24) is 9.80 Å². The van der Waals surface area contributed by atoms with E-state index in [1.807, 2.05) is 0 Å². The zero-order chi connectivity index (χ0) is 15.5. The van der Waals surface area contributed by atoms with Crippen LogP contribution in [-0.2, 0) is 4.74 Å². The molecule has 0 radical (unpaired) electrons. The van der Waals surface area contributed by atoms with Crippen molar-refractivity contribution in [2.45, 2.75) is 76.5 Å². The van der Waals surface area contributed by atoms with E-state index in [1.54, 1.807) is 7.11 Å². The highest BCUT2D eigenvalue weighted by atomic mass is 16.5. The number of hydrogen-bond acceptors (Lipinski definition) is 4. The van der Waals surface area contributed by atoms with E-state index in [0.717, 1.165) is 32.3 Å². The molecule has 0 spiro atoms. The number of methoxy groups -OCH3 is 1.